The minimum atomic E-state index is -1.31. The van der Waals surface area contributed by atoms with Crippen molar-refractivity contribution in [3.8, 4) is 11.5 Å². The zero-order valence-electron chi connectivity index (χ0n) is 12.6. The fourth-order valence-corrected chi connectivity index (χ4v) is 3.28. The lowest BCUT2D eigenvalue weighted by molar-refractivity contribution is 0.681. The number of nitrogens with zero attached hydrogens (tertiary/aromatic N) is 1. The van der Waals surface area contributed by atoms with Gasteiger partial charge in [-0.1, -0.05) is 38.4 Å². The monoisotopic (exact) mass is 282 g/mol. The first-order valence-electron chi connectivity index (χ1n) is 7.54. The van der Waals surface area contributed by atoms with Crippen LogP contribution in [0.2, 0.25) is 19.6 Å². The van der Waals surface area contributed by atoms with Crippen molar-refractivity contribution in [3.63, 3.8) is 0 Å². The van der Waals surface area contributed by atoms with Crippen LogP contribution in [0.15, 0.2) is 18.2 Å². The van der Waals surface area contributed by atoms with Crippen LogP contribution in [0.4, 0.5) is 0 Å². The highest BCUT2D eigenvalue weighted by molar-refractivity contribution is 6.83. The summed E-state index contributed by atoms with van der Waals surface area (Å²) in [6.07, 6.45) is 5.24. The number of benzene rings is 1. The molecular weight excluding hydrogens is 260 g/mol. The van der Waals surface area contributed by atoms with Gasteiger partial charge < -0.3 is 4.98 Å². The lowest BCUT2D eigenvalue weighted by Gasteiger charge is -2.03. The summed E-state index contributed by atoms with van der Waals surface area (Å²) in [5.74, 6) is 5.13. The van der Waals surface area contributed by atoms with Crippen LogP contribution in [0.3, 0.4) is 0 Å². The molecule has 0 atom stereocenters. The summed E-state index contributed by atoms with van der Waals surface area (Å²) in [5, 5.41) is 0. The van der Waals surface area contributed by atoms with Crippen molar-refractivity contribution >= 4 is 19.1 Å². The van der Waals surface area contributed by atoms with Gasteiger partial charge in [0.25, 0.3) is 0 Å². The smallest absolute Gasteiger partial charge is 0.129 e. The maximum Gasteiger partial charge on any atom is 0.129 e. The lowest BCUT2D eigenvalue weighted by atomic mass is 10.1. The molecule has 0 radical (unpaired) electrons. The number of imidazole rings is 1. The van der Waals surface area contributed by atoms with Crippen molar-refractivity contribution in [3.05, 3.63) is 29.6 Å². The van der Waals surface area contributed by atoms with E-state index in [0.717, 1.165) is 16.6 Å². The van der Waals surface area contributed by atoms with E-state index in [1.165, 1.54) is 31.5 Å². The highest BCUT2D eigenvalue weighted by Gasteiger charge is 2.20. The summed E-state index contributed by atoms with van der Waals surface area (Å²) in [4.78, 5) is 8.26. The number of H-pyrrole nitrogens is 1. The van der Waals surface area contributed by atoms with Gasteiger partial charge in [-0.15, -0.1) is 5.54 Å². The minimum Gasteiger partial charge on any atom is -0.342 e. The Bertz CT molecular complexity index is 676. The van der Waals surface area contributed by atoms with E-state index < -0.39 is 8.07 Å². The predicted octanol–water partition coefficient (Wildman–Crippen LogP) is 4.45. The molecule has 1 aliphatic carbocycles. The summed E-state index contributed by atoms with van der Waals surface area (Å²) in [5.41, 5.74) is 6.73. The second-order valence-electron chi connectivity index (χ2n) is 6.84. The number of nitrogens with one attached hydrogen (secondary N) is 1. The molecule has 0 unspecified atom stereocenters. The van der Waals surface area contributed by atoms with Gasteiger partial charge in [0.15, 0.2) is 0 Å². The van der Waals surface area contributed by atoms with Crippen LogP contribution >= 0.6 is 0 Å². The molecule has 1 fully saturated rings. The topological polar surface area (TPSA) is 28.7 Å². The summed E-state index contributed by atoms with van der Waals surface area (Å²) in [6.45, 7) is 6.81. The highest BCUT2D eigenvalue weighted by Crippen LogP contribution is 2.33. The van der Waals surface area contributed by atoms with Gasteiger partial charge in [0.1, 0.15) is 13.9 Å². The zero-order chi connectivity index (χ0) is 14.2. The molecule has 0 bridgehead atoms. The average Bonchev–Trinajstić information content (AvgIpc) is 3.03. The Morgan fingerprint density at radius 2 is 1.95 bits per heavy atom. The van der Waals surface area contributed by atoms with Gasteiger partial charge in [0.05, 0.1) is 11.0 Å². The Hall–Kier alpha value is -1.53. The summed E-state index contributed by atoms with van der Waals surface area (Å²) < 4.78 is 0. The van der Waals surface area contributed by atoms with E-state index in [4.69, 9.17) is 4.98 Å². The minimum absolute atomic E-state index is 0.638. The molecular formula is C17H22N2Si. The number of hydrogen-bond acceptors (Lipinski definition) is 1. The van der Waals surface area contributed by atoms with Gasteiger partial charge in [-0.05, 0) is 31.0 Å². The standard InChI is InChI=1S/C17H22N2Si/c1-20(2,3)11-10-13-8-9-15-16(12-13)19-17(18-15)14-6-4-5-7-14/h8-9,12,14H,4-7H2,1-3H3,(H,18,19). The summed E-state index contributed by atoms with van der Waals surface area (Å²) in [6, 6.07) is 6.33. The quantitative estimate of drug-likeness (QED) is 0.607. The van der Waals surface area contributed by atoms with Gasteiger partial charge in [0.2, 0.25) is 0 Å². The molecule has 0 spiro atoms. The van der Waals surface area contributed by atoms with Crippen LogP contribution in [-0.2, 0) is 0 Å². The predicted molar refractivity (Wildman–Crippen MR) is 87.5 cm³/mol. The van der Waals surface area contributed by atoms with Gasteiger partial charge in [-0.3, -0.25) is 0 Å². The molecule has 1 saturated carbocycles. The second kappa shape index (κ2) is 5.10. The van der Waals surface area contributed by atoms with Crippen molar-refractivity contribution < 1.29 is 0 Å². The summed E-state index contributed by atoms with van der Waals surface area (Å²) >= 11 is 0. The molecule has 1 aliphatic rings. The Balaban J connectivity index is 1.92. The largest absolute Gasteiger partial charge is 0.342 e. The third-order valence-electron chi connectivity index (χ3n) is 3.82. The molecule has 104 valence electrons. The number of rotatable bonds is 1. The zero-order valence-corrected chi connectivity index (χ0v) is 13.6. The first kappa shape index (κ1) is 13.4. The third-order valence-corrected chi connectivity index (χ3v) is 4.70. The number of aromatic amines is 1. The van der Waals surface area contributed by atoms with E-state index in [9.17, 15) is 0 Å². The average molecular weight is 282 g/mol. The van der Waals surface area contributed by atoms with Gasteiger partial charge in [0, 0.05) is 11.5 Å². The Kier molecular flexibility index (Phi) is 3.43. The molecule has 1 aromatic carbocycles. The number of fused-ring (bicyclic) bond motifs is 1. The van der Waals surface area contributed by atoms with Gasteiger partial charge >= 0.3 is 0 Å². The maximum atomic E-state index is 4.75. The van der Waals surface area contributed by atoms with Crippen molar-refractivity contribution in [2.75, 3.05) is 0 Å². The Labute approximate surface area is 122 Å². The molecule has 1 heterocycles. The molecule has 3 rings (SSSR count). The molecule has 1 N–H and O–H groups in total. The molecule has 2 nitrogen and oxygen atoms in total. The molecule has 0 amide bonds. The van der Waals surface area contributed by atoms with E-state index in [-0.39, 0.29) is 0 Å². The molecule has 20 heavy (non-hydrogen) atoms. The van der Waals surface area contributed by atoms with Crippen LogP contribution in [-0.4, -0.2) is 18.0 Å². The van der Waals surface area contributed by atoms with Gasteiger partial charge in [-0.25, -0.2) is 4.98 Å². The second-order valence-corrected chi connectivity index (χ2v) is 11.6. The van der Waals surface area contributed by atoms with E-state index in [1.807, 2.05) is 0 Å². The Morgan fingerprint density at radius 1 is 1.20 bits per heavy atom. The first-order valence-corrected chi connectivity index (χ1v) is 11.0. The van der Waals surface area contributed by atoms with Crippen LogP contribution in [0, 0.1) is 11.5 Å². The maximum absolute atomic E-state index is 4.75. The third kappa shape index (κ3) is 2.96. The van der Waals surface area contributed by atoms with Crippen LogP contribution in [0.1, 0.15) is 43.0 Å². The van der Waals surface area contributed by atoms with E-state index in [0.29, 0.717) is 5.92 Å². The fraction of sp³-hybridized carbons (Fsp3) is 0.471. The summed E-state index contributed by atoms with van der Waals surface area (Å²) in [7, 11) is -1.31. The fourth-order valence-electron chi connectivity index (χ4n) is 2.76. The van der Waals surface area contributed by atoms with Crippen molar-refractivity contribution in [2.24, 2.45) is 0 Å². The number of aromatic nitrogens is 2. The lowest BCUT2D eigenvalue weighted by Crippen LogP contribution is -2.16. The van der Waals surface area contributed by atoms with Gasteiger partial charge in [-0.2, -0.15) is 0 Å². The molecule has 3 heteroatoms. The SMILES string of the molecule is C[Si](C)(C)C#Cc1ccc2nc(C3CCCC3)[nH]c2c1. The van der Waals surface area contributed by atoms with Crippen LogP contribution in [0.25, 0.3) is 11.0 Å². The van der Waals surface area contributed by atoms with Crippen molar-refractivity contribution in [1.82, 2.24) is 9.97 Å². The van der Waals surface area contributed by atoms with Crippen molar-refractivity contribution in [1.29, 1.82) is 0 Å². The number of hydrogen-bond donors (Lipinski definition) is 1. The molecule has 0 aliphatic heterocycles. The van der Waals surface area contributed by atoms with E-state index in [2.05, 4.69) is 54.3 Å². The molecule has 2 aromatic rings. The molecule has 1 aromatic heterocycles. The molecule has 0 saturated heterocycles. The van der Waals surface area contributed by atoms with Crippen LogP contribution in [0.5, 0.6) is 0 Å². The van der Waals surface area contributed by atoms with Crippen molar-refractivity contribution in [2.45, 2.75) is 51.2 Å². The normalized spacial score (nSPS) is 16.4. The first-order chi connectivity index (χ1) is 9.51. The highest BCUT2D eigenvalue weighted by atomic mass is 28.3. The van der Waals surface area contributed by atoms with E-state index in [1.54, 1.807) is 0 Å². The van der Waals surface area contributed by atoms with Crippen LogP contribution < -0.4 is 0 Å². The van der Waals surface area contributed by atoms with E-state index >= 15 is 0 Å². The Morgan fingerprint density at radius 3 is 2.65 bits per heavy atom.